The predicted octanol–water partition coefficient (Wildman–Crippen LogP) is 2.78. The van der Waals surface area contributed by atoms with Crippen LogP contribution in [0.5, 0.6) is 0 Å². The van der Waals surface area contributed by atoms with Gasteiger partial charge in [0.25, 0.3) is 5.89 Å². The van der Waals surface area contributed by atoms with Crippen molar-refractivity contribution in [2.75, 3.05) is 0 Å². The smallest absolute Gasteiger partial charge is 0.269 e. The number of nitrogens with two attached hydrogens (primary N) is 1. The molecule has 0 aliphatic carbocycles. The molecule has 0 spiro atoms. The molecule has 0 amide bonds. The Balaban J connectivity index is 2.41. The third-order valence-electron chi connectivity index (χ3n) is 1.94. The average Bonchev–Trinajstić information content (AvgIpc) is 2.76. The standard InChI is InChI=1S/C9H10ClN3OS/c1-4-3-15-7(6(4)10)9-12-8(5(2)11)13-14-9/h3,5H,11H2,1-2H3. The number of halogens is 1. The minimum absolute atomic E-state index is 0.234. The number of hydrogen-bond donors (Lipinski definition) is 1. The van der Waals surface area contributed by atoms with Crippen molar-refractivity contribution in [2.24, 2.45) is 5.73 Å². The van der Waals surface area contributed by atoms with Gasteiger partial charge in [0.1, 0.15) is 4.88 Å². The molecule has 80 valence electrons. The summed E-state index contributed by atoms with van der Waals surface area (Å²) in [5.74, 6) is 0.928. The molecule has 0 aromatic carbocycles. The van der Waals surface area contributed by atoms with Gasteiger partial charge in [-0.25, -0.2) is 0 Å². The number of rotatable bonds is 2. The largest absolute Gasteiger partial charge is 0.333 e. The molecule has 2 aromatic rings. The number of nitrogens with zero attached hydrogens (tertiary/aromatic N) is 2. The van der Waals surface area contributed by atoms with Crippen LogP contribution in [0, 0.1) is 6.92 Å². The molecule has 2 N–H and O–H groups in total. The summed E-state index contributed by atoms with van der Waals surface area (Å²) in [6.07, 6.45) is 0. The Hall–Kier alpha value is -0.910. The van der Waals surface area contributed by atoms with Crippen molar-refractivity contribution in [3.63, 3.8) is 0 Å². The van der Waals surface area contributed by atoms with Crippen LogP contribution in [0.1, 0.15) is 24.4 Å². The number of hydrogen-bond acceptors (Lipinski definition) is 5. The van der Waals surface area contributed by atoms with Gasteiger partial charge in [-0.05, 0) is 24.8 Å². The van der Waals surface area contributed by atoms with Crippen LogP contribution in [0.15, 0.2) is 9.90 Å². The highest BCUT2D eigenvalue weighted by Crippen LogP contribution is 2.35. The molecule has 4 nitrogen and oxygen atoms in total. The second-order valence-electron chi connectivity index (χ2n) is 3.31. The molecule has 2 aromatic heterocycles. The fraction of sp³-hybridized carbons (Fsp3) is 0.333. The molecule has 2 rings (SSSR count). The predicted molar refractivity (Wildman–Crippen MR) is 60.0 cm³/mol. The van der Waals surface area contributed by atoms with Gasteiger partial charge in [-0.2, -0.15) is 4.98 Å². The molecular weight excluding hydrogens is 234 g/mol. The lowest BCUT2D eigenvalue weighted by atomic mass is 10.3. The van der Waals surface area contributed by atoms with Crippen molar-refractivity contribution in [1.82, 2.24) is 10.1 Å². The SMILES string of the molecule is Cc1csc(-c2nc(C(C)N)no2)c1Cl. The van der Waals surface area contributed by atoms with E-state index >= 15 is 0 Å². The van der Waals surface area contributed by atoms with E-state index in [0.717, 1.165) is 10.4 Å². The van der Waals surface area contributed by atoms with Gasteiger partial charge >= 0.3 is 0 Å². The van der Waals surface area contributed by atoms with E-state index in [1.165, 1.54) is 11.3 Å². The molecule has 6 heteroatoms. The van der Waals surface area contributed by atoms with Crippen LogP contribution in [0.3, 0.4) is 0 Å². The normalized spacial score (nSPS) is 13.1. The van der Waals surface area contributed by atoms with Crippen LogP contribution < -0.4 is 5.73 Å². The van der Waals surface area contributed by atoms with Gasteiger partial charge in [-0.3, -0.25) is 0 Å². The number of thiophene rings is 1. The Labute approximate surface area is 96.1 Å². The molecule has 0 radical (unpaired) electrons. The van der Waals surface area contributed by atoms with Crippen molar-refractivity contribution in [1.29, 1.82) is 0 Å². The Morgan fingerprint density at radius 1 is 1.60 bits per heavy atom. The van der Waals surface area contributed by atoms with Crippen LogP contribution in [-0.2, 0) is 0 Å². The Kier molecular flexibility index (Phi) is 2.77. The maximum Gasteiger partial charge on any atom is 0.269 e. The summed E-state index contributed by atoms with van der Waals surface area (Å²) in [4.78, 5) is 4.98. The summed E-state index contributed by atoms with van der Waals surface area (Å²) in [7, 11) is 0. The fourth-order valence-corrected chi connectivity index (χ4v) is 2.28. The van der Waals surface area contributed by atoms with E-state index < -0.39 is 0 Å². The first-order valence-electron chi connectivity index (χ1n) is 4.42. The third kappa shape index (κ3) is 1.90. The lowest BCUT2D eigenvalue weighted by Gasteiger charge is -1.93. The van der Waals surface area contributed by atoms with Gasteiger partial charge in [0.15, 0.2) is 5.82 Å². The van der Waals surface area contributed by atoms with Gasteiger partial charge in [0.2, 0.25) is 0 Å². The van der Waals surface area contributed by atoms with Crippen LogP contribution in [-0.4, -0.2) is 10.1 Å². The molecule has 0 aliphatic rings. The number of aryl methyl sites for hydroxylation is 1. The average molecular weight is 244 g/mol. The first-order chi connectivity index (χ1) is 7.09. The first kappa shape index (κ1) is 10.6. The van der Waals surface area contributed by atoms with Gasteiger partial charge in [0.05, 0.1) is 11.1 Å². The highest BCUT2D eigenvalue weighted by atomic mass is 35.5. The van der Waals surface area contributed by atoms with Crippen molar-refractivity contribution in [3.05, 3.63) is 21.8 Å². The quantitative estimate of drug-likeness (QED) is 0.881. The summed E-state index contributed by atoms with van der Waals surface area (Å²) >= 11 is 7.57. The molecule has 0 saturated heterocycles. The fourth-order valence-electron chi connectivity index (χ4n) is 1.09. The van der Waals surface area contributed by atoms with Gasteiger partial charge in [0, 0.05) is 0 Å². The Bertz CT molecular complexity index is 477. The van der Waals surface area contributed by atoms with E-state index in [-0.39, 0.29) is 6.04 Å². The molecule has 0 fully saturated rings. The topological polar surface area (TPSA) is 64.9 Å². The Morgan fingerprint density at radius 3 is 2.80 bits per heavy atom. The van der Waals surface area contributed by atoms with Crippen LogP contribution in [0.25, 0.3) is 10.8 Å². The molecule has 1 unspecified atom stereocenters. The van der Waals surface area contributed by atoms with Crippen molar-refractivity contribution >= 4 is 22.9 Å². The summed E-state index contributed by atoms with van der Waals surface area (Å²) < 4.78 is 5.09. The molecule has 0 saturated carbocycles. The van der Waals surface area contributed by atoms with Crippen molar-refractivity contribution in [2.45, 2.75) is 19.9 Å². The van der Waals surface area contributed by atoms with Crippen LogP contribution >= 0.6 is 22.9 Å². The third-order valence-corrected chi connectivity index (χ3v) is 3.63. The van der Waals surface area contributed by atoms with E-state index in [9.17, 15) is 0 Å². The van der Waals surface area contributed by atoms with Crippen molar-refractivity contribution < 1.29 is 4.52 Å². The second kappa shape index (κ2) is 3.92. The minimum Gasteiger partial charge on any atom is -0.333 e. The molecule has 2 heterocycles. The maximum absolute atomic E-state index is 6.08. The lowest BCUT2D eigenvalue weighted by molar-refractivity contribution is 0.419. The second-order valence-corrected chi connectivity index (χ2v) is 4.57. The summed E-state index contributed by atoms with van der Waals surface area (Å²) in [6.45, 7) is 3.74. The lowest BCUT2D eigenvalue weighted by Crippen LogP contribution is -2.06. The van der Waals surface area contributed by atoms with Gasteiger partial charge in [-0.15, -0.1) is 11.3 Å². The van der Waals surface area contributed by atoms with Gasteiger partial charge in [-0.1, -0.05) is 16.8 Å². The van der Waals surface area contributed by atoms with E-state index in [1.54, 1.807) is 6.92 Å². The van der Waals surface area contributed by atoms with Gasteiger partial charge < -0.3 is 10.3 Å². The van der Waals surface area contributed by atoms with E-state index in [4.69, 9.17) is 21.9 Å². The first-order valence-corrected chi connectivity index (χ1v) is 5.68. The van der Waals surface area contributed by atoms with Crippen LogP contribution in [0.4, 0.5) is 0 Å². The van der Waals surface area contributed by atoms with Crippen LogP contribution in [0.2, 0.25) is 5.02 Å². The molecule has 0 aliphatic heterocycles. The number of aromatic nitrogens is 2. The minimum atomic E-state index is -0.234. The molecular formula is C9H10ClN3OS. The monoisotopic (exact) mass is 243 g/mol. The zero-order chi connectivity index (χ0) is 11.0. The van der Waals surface area contributed by atoms with E-state index in [2.05, 4.69) is 10.1 Å². The highest BCUT2D eigenvalue weighted by molar-refractivity contribution is 7.14. The summed E-state index contributed by atoms with van der Waals surface area (Å²) in [5, 5.41) is 6.40. The maximum atomic E-state index is 6.08. The summed E-state index contributed by atoms with van der Waals surface area (Å²) in [5.41, 5.74) is 6.65. The molecule has 15 heavy (non-hydrogen) atoms. The van der Waals surface area contributed by atoms with Crippen molar-refractivity contribution in [3.8, 4) is 10.8 Å². The highest BCUT2D eigenvalue weighted by Gasteiger charge is 2.16. The zero-order valence-electron chi connectivity index (χ0n) is 8.32. The zero-order valence-corrected chi connectivity index (χ0v) is 9.89. The van der Waals surface area contributed by atoms with E-state index in [1.807, 2.05) is 12.3 Å². The van der Waals surface area contributed by atoms with E-state index in [0.29, 0.717) is 16.7 Å². The molecule has 0 bridgehead atoms. The Morgan fingerprint density at radius 2 is 2.33 bits per heavy atom. The summed E-state index contributed by atoms with van der Waals surface area (Å²) in [6, 6.07) is -0.234. The molecule has 1 atom stereocenters.